The molecule has 1 nitrogen and oxygen atoms in total. The second kappa shape index (κ2) is 15.8. The van der Waals surface area contributed by atoms with Crippen LogP contribution in [-0.2, 0) is 0 Å². The van der Waals surface area contributed by atoms with E-state index in [9.17, 15) is 0 Å². The first-order valence-electron chi connectivity index (χ1n) is 19.5. The Kier molecular flexibility index (Phi) is 11.6. The van der Waals surface area contributed by atoms with E-state index in [1.807, 2.05) is 22.3 Å². The third-order valence-electron chi connectivity index (χ3n) is 13.4. The molecule has 0 radical (unpaired) electrons. The van der Waals surface area contributed by atoms with Gasteiger partial charge in [-0.15, -0.1) is 6.58 Å². The SMILES string of the molecule is C=CC(CC)C1CC=C(C(C)C2CCCC/C2=C(/CNC2CCCC3=C2CCCC3)[C@@H]2CCCCC2C2=CCCC=C2)CC1. The molecule has 1 heteroatoms. The highest BCUT2D eigenvalue weighted by Gasteiger charge is 2.37. The summed E-state index contributed by atoms with van der Waals surface area (Å²) in [5, 5.41) is 4.33. The zero-order valence-electron chi connectivity index (χ0n) is 28.7. The van der Waals surface area contributed by atoms with Crippen LogP contribution in [0.1, 0.15) is 149 Å². The minimum atomic E-state index is 0.638. The van der Waals surface area contributed by atoms with Gasteiger partial charge >= 0.3 is 0 Å². The fraction of sp³-hybridized carbons (Fsp3) is 0.721. The molecule has 242 valence electrons. The van der Waals surface area contributed by atoms with E-state index in [4.69, 9.17) is 0 Å². The summed E-state index contributed by atoms with van der Waals surface area (Å²) >= 11 is 0. The van der Waals surface area contributed by atoms with Crippen LogP contribution < -0.4 is 5.32 Å². The van der Waals surface area contributed by atoms with Crippen molar-refractivity contribution in [3.8, 4) is 0 Å². The van der Waals surface area contributed by atoms with E-state index in [1.54, 1.807) is 11.1 Å². The molecule has 1 N–H and O–H groups in total. The molecule has 6 rings (SSSR count). The van der Waals surface area contributed by atoms with E-state index < -0.39 is 0 Å². The third-order valence-corrected chi connectivity index (χ3v) is 13.4. The Balaban J connectivity index is 1.31. The molecule has 0 amide bonds. The number of nitrogens with one attached hydrogen (secondary N) is 1. The molecule has 0 heterocycles. The fourth-order valence-electron chi connectivity index (χ4n) is 10.8. The molecular weight excluding hydrogens is 530 g/mol. The van der Waals surface area contributed by atoms with Crippen LogP contribution in [0, 0.1) is 35.5 Å². The number of hydrogen-bond acceptors (Lipinski definition) is 1. The van der Waals surface area contributed by atoms with Crippen LogP contribution in [-0.4, -0.2) is 12.6 Å². The van der Waals surface area contributed by atoms with Gasteiger partial charge in [0.2, 0.25) is 0 Å². The van der Waals surface area contributed by atoms with Crippen LogP contribution in [0.2, 0.25) is 0 Å². The largest absolute Gasteiger partial charge is 0.306 e. The highest BCUT2D eigenvalue weighted by molar-refractivity contribution is 5.34. The van der Waals surface area contributed by atoms with E-state index in [-0.39, 0.29) is 0 Å². The topological polar surface area (TPSA) is 12.0 Å². The monoisotopic (exact) mass is 596 g/mol. The van der Waals surface area contributed by atoms with Crippen LogP contribution in [0.5, 0.6) is 0 Å². The van der Waals surface area contributed by atoms with Crippen molar-refractivity contribution in [2.75, 3.05) is 6.54 Å². The lowest BCUT2D eigenvalue weighted by Crippen LogP contribution is -2.39. The first-order chi connectivity index (χ1) is 21.7. The molecule has 2 fully saturated rings. The molecule has 0 aromatic carbocycles. The van der Waals surface area contributed by atoms with Gasteiger partial charge in [-0.2, -0.15) is 0 Å². The van der Waals surface area contributed by atoms with Crippen molar-refractivity contribution in [3.63, 3.8) is 0 Å². The highest BCUT2D eigenvalue weighted by Crippen LogP contribution is 2.48. The predicted molar refractivity (Wildman–Crippen MR) is 191 cm³/mol. The normalized spacial score (nSPS) is 34.0. The summed E-state index contributed by atoms with van der Waals surface area (Å²) in [7, 11) is 0. The van der Waals surface area contributed by atoms with Crippen LogP contribution in [0.25, 0.3) is 0 Å². The lowest BCUT2D eigenvalue weighted by Gasteiger charge is -2.42. The minimum absolute atomic E-state index is 0.638. The average Bonchev–Trinajstić information content (AvgIpc) is 3.10. The van der Waals surface area contributed by atoms with E-state index >= 15 is 0 Å². The zero-order chi connectivity index (χ0) is 30.3. The van der Waals surface area contributed by atoms with E-state index in [0.29, 0.717) is 17.9 Å². The second-order valence-corrected chi connectivity index (χ2v) is 15.7. The molecule has 0 saturated heterocycles. The smallest absolute Gasteiger partial charge is 0.0285 e. The van der Waals surface area contributed by atoms with Gasteiger partial charge in [0.25, 0.3) is 0 Å². The predicted octanol–water partition coefficient (Wildman–Crippen LogP) is 12.1. The van der Waals surface area contributed by atoms with Crippen LogP contribution in [0.4, 0.5) is 0 Å². The van der Waals surface area contributed by atoms with E-state index in [0.717, 1.165) is 30.2 Å². The zero-order valence-corrected chi connectivity index (χ0v) is 28.7. The summed E-state index contributed by atoms with van der Waals surface area (Å²) in [6, 6.07) is 0.638. The second-order valence-electron chi connectivity index (χ2n) is 15.7. The first kappa shape index (κ1) is 32.3. The molecule has 44 heavy (non-hydrogen) atoms. The first-order valence-corrected chi connectivity index (χ1v) is 19.5. The van der Waals surface area contributed by atoms with Crippen molar-refractivity contribution in [1.82, 2.24) is 5.32 Å². The summed E-state index contributed by atoms with van der Waals surface area (Å²) in [5.74, 6) is 4.42. The fourth-order valence-corrected chi connectivity index (χ4v) is 10.8. The Hall–Kier alpha value is -1.60. The van der Waals surface area contributed by atoms with Gasteiger partial charge in [-0.3, -0.25) is 0 Å². The number of rotatable bonds is 10. The minimum Gasteiger partial charge on any atom is -0.306 e. The molecular formula is C43H65N. The summed E-state index contributed by atoms with van der Waals surface area (Å²) in [4.78, 5) is 0. The third kappa shape index (κ3) is 7.35. The van der Waals surface area contributed by atoms with Gasteiger partial charge in [-0.05, 0) is 157 Å². The Morgan fingerprint density at radius 2 is 1.70 bits per heavy atom. The molecule has 6 aliphatic carbocycles. The van der Waals surface area contributed by atoms with Gasteiger partial charge in [0, 0.05) is 12.6 Å². The maximum Gasteiger partial charge on any atom is 0.0285 e. The van der Waals surface area contributed by atoms with Gasteiger partial charge in [-0.1, -0.05) is 91.4 Å². The molecule has 0 bridgehead atoms. The van der Waals surface area contributed by atoms with Gasteiger partial charge < -0.3 is 5.32 Å². The lowest BCUT2D eigenvalue weighted by atomic mass is 9.65. The van der Waals surface area contributed by atoms with Crippen molar-refractivity contribution in [2.45, 2.75) is 155 Å². The molecule has 0 aromatic heterocycles. The molecule has 6 aliphatic rings. The molecule has 0 aromatic rings. The molecule has 0 aliphatic heterocycles. The van der Waals surface area contributed by atoms with Gasteiger partial charge in [0.1, 0.15) is 0 Å². The van der Waals surface area contributed by atoms with E-state index in [1.165, 1.54) is 135 Å². The summed E-state index contributed by atoms with van der Waals surface area (Å²) < 4.78 is 0. The quantitative estimate of drug-likeness (QED) is 0.248. The summed E-state index contributed by atoms with van der Waals surface area (Å²) in [6.45, 7) is 10.3. The van der Waals surface area contributed by atoms with Crippen LogP contribution in [0.3, 0.4) is 0 Å². The van der Waals surface area contributed by atoms with Crippen LogP contribution >= 0.6 is 0 Å². The maximum absolute atomic E-state index is 4.33. The Bertz CT molecular complexity index is 1140. The van der Waals surface area contributed by atoms with Crippen molar-refractivity contribution in [3.05, 3.63) is 70.4 Å². The molecule has 7 atom stereocenters. The average molecular weight is 596 g/mol. The number of allylic oxidation sites excluding steroid dienone is 9. The van der Waals surface area contributed by atoms with Crippen molar-refractivity contribution >= 4 is 0 Å². The van der Waals surface area contributed by atoms with Gasteiger partial charge in [0.15, 0.2) is 0 Å². The Labute approximate surface area is 271 Å². The summed E-state index contributed by atoms with van der Waals surface area (Å²) in [6.07, 6.45) is 41.2. The summed E-state index contributed by atoms with van der Waals surface area (Å²) in [5.41, 5.74) is 11.0. The Morgan fingerprint density at radius 3 is 2.50 bits per heavy atom. The van der Waals surface area contributed by atoms with Crippen molar-refractivity contribution in [1.29, 1.82) is 0 Å². The number of hydrogen-bond donors (Lipinski definition) is 1. The molecule has 6 unspecified atom stereocenters. The van der Waals surface area contributed by atoms with Gasteiger partial charge in [0.05, 0.1) is 0 Å². The lowest BCUT2D eigenvalue weighted by molar-refractivity contribution is 0.285. The molecule has 0 spiro atoms. The molecule has 2 saturated carbocycles. The maximum atomic E-state index is 4.33. The van der Waals surface area contributed by atoms with E-state index in [2.05, 4.69) is 56.1 Å². The van der Waals surface area contributed by atoms with Gasteiger partial charge in [-0.25, -0.2) is 0 Å². The highest BCUT2D eigenvalue weighted by atomic mass is 14.9. The van der Waals surface area contributed by atoms with Crippen molar-refractivity contribution in [2.24, 2.45) is 35.5 Å². The van der Waals surface area contributed by atoms with Crippen molar-refractivity contribution < 1.29 is 0 Å². The Morgan fingerprint density at radius 1 is 0.886 bits per heavy atom. The van der Waals surface area contributed by atoms with Crippen LogP contribution in [0.15, 0.2) is 70.4 Å². The standard InChI is InChI=1S/C43H65N/c1-4-32(5-2)34-28-26-33(27-29-34)31(3)37-20-11-13-23-40(37)42(30-44-43-25-15-19-36-18-9-10-22-39(36)43)41-24-14-12-21-38(41)35-16-7-6-8-17-35/h4,7,16-17,26,31-32,34,37-38,41,43-44H,1,5-6,8-15,18-25,27-30H2,2-3H3/b42-40+/t31?,32?,34?,37?,38?,41-,43?/m1/s1.